The second-order valence-corrected chi connectivity index (χ2v) is 6.21. The Hall–Kier alpha value is -1.23. The predicted octanol–water partition coefficient (Wildman–Crippen LogP) is 3.03. The van der Waals surface area contributed by atoms with Crippen molar-refractivity contribution in [3.05, 3.63) is 28.2 Å². The zero-order valence-corrected chi connectivity index (χ0v) is 12.9. The van der Waals surface area contributed by atoms with Crippen LogP contribution in [-0.4, -0.2) is 24.1 Å². The summed E-state index contributed by atoms with van der Waals surface area (Å²) in [6.07, 6.45) is 1.19. The van der Waals surface area contributed by atoms with Crippen LogP contribution in [0.25, 0.3) is 0 Å². The molecule has 1 aliphatic heterocycles. The van der Waals surface area contributed by atoms with Crippen LogP contribution < -0.4 is 10.6 Å². The van der Waals surface area contributed by atoms with E-state index in [9.17, 15) is 0 Å². The number of nitrogens with two attached hydrogens (primary N) is 1. The normalized spacial score (nSPS) is 20.3. The lowest BCUT2D eigenvalue weighted by Gasteiger charge is -2.23. The quantitative estimate of drug-likeness (QED) is 0.388. The van der Waals surface area contributed by atoms with E-state index in [1.54, 1.807) is 0 Å². The minimum atomic E-state index is 0.149. The first-order chi connectivity index (χ1) is 9.04. The molecule has 4 nitrogen and oxygen atoms in total. The van der Waals surface area contributed by atoms with Crippen molar-refractivity contribution >= 4 is 27.5 Å². The van der Waals surface area contributed by atoms with Gasteiger partial charge in [-0.3, -0.25) is 0 Å². The fourth-order valence-electron chi connectivity index (χ4n) is 2.63. The summed E-state index contributed by atoms with van der Waals surface area (Å²) in [6, 6.07) is 5.92. The molecular formula is C14H20BrN3O. The molecule has 0 aromatic heterocycles. The first kappa shape index (κ1) is 14.2. The highest BCUT2D eigenvalue weighted by molar-refractivity contribution is 9.10. The zero-order chi connectivity index (χ0) is 14.0. The molecule has 1 unspecified atom stereocenters. The summed E-state index contributed by atoms with van der Waals surface area (Å²) in [4.78, 5) is 2.32. The highest BCUT2D eigenvalue weighted by Gasteiger charge is 2.27. The van der Waals surface area contributed by atoms with Gasteiger partial charge in [-0.1, -0.05) is 25.1 Å². The van der Waals surface area contributed by atoms with Gasteiger partial charge in [0.25, 0.3) is 0 Å². The van der Waals surface area contributed by atoms with Gasteiger partial charge in [0.15, 0.2) is 5.84 Å². The van der Waals surface area contributed by atoms with Gasteiger partial charge in [0.2, 0.25) is 0 Å². The van der Waals surface area contributed by atoms with Crippen molar-refractivity contribution in [3.63, 3.8) is 0 Å². The number of amidine groups is 1. The van der Waals surface area contributed by atoms with Crippen molar-refractivity contribution in [2.45, 2.75) is 20.3 Å². The lowest BCUT2D eigenvalue weighted by Crippen LogP contribution is -2.25. The van der Waals surface area contributed by atoms with Gasteiger partial charge in [0, 0.05) is 23.2 Å². The number of rotatable bonds is 3. The average molecular weight is 326 g/mol. The van der Waals surface area contributed by atoms with Crippen LogP contribution in [0.15, 0.2) is 27.8 Å². The molecule has 0 radical (unpaired) electrons. The van der Waals surface area contributed by atoms with Crippen LogP contribution in [0.2, 0.25) is 0 Å². The topological polar surface area (TPSA) is 61.8 Å². The molecule has 1 atom stereocenters. The molecule has 0 amide bonds. The molecule has 104 valence electrons. The summed E-state index contributed by atoms with van der Waals surface area (Å²) in [5.74, 6) is 1.54. The standard InChI is InChI=1S/C14H20BrN3O/c1-9(2)10-6-7-18(8-10)12-5-3-4-11(15)13(12)14(16)17-19/h3-5,9-10,19H,6-8H2,1-2H3,(H2,16,17). The van der Waals surface area contributed by atoms with Crippen LogP contribution in [0.1, 0.15) is 25.8 Å². The summed E-state index contributed by atoms with van der Waals surface area (Å²) < 4.78 is 0.855. The Morgan fingerprint density at radius 3 is 2.84 bits per heavy atom. The Bertz CT molecular complexity index is 488. The number of halogens is 1. The van der Waals surface area contributed by atoms with Crippen molar-refractivity contribution < 1.29 is 5.21 Å². The summed E-state index contributed by atoms with van der Waals surface area (Å²) in [5, 5.41) is 12.1. The van der Waals surface area contributed by atoms with Gasteiger partial charge < -0.3 is 15.8 Å². The van der Waals surface area contributed by atoms with E-state index in [0.29, 0.717) is 11.8 Å². The number of oxime groups is 1. The third-order valence-electron chi connectivity index (χ3n) is 3.86. The molecule has 2 rings (SSSR count). The molecule has 0 bridgehead atoms. The van der Waals surface area contributed by atoms with Crippen molar-refractivity contribution in [3.8, 4) is 0 Å². The SMILES string of the molecule is CC(C)C1CCN(c2cccc(Br)c2/C(N)=N/O)C1. The number of hydrogen-bond acceptors (Lipinski definition) is 3. The molecule has 1 aliphatic rings. The van der Waals surface area contributed by atoms with Gasteiger partial charge in [-0.15, -0.1) is 0 Å². The molecule has 3 N–H and O–H groups in total. The van der Waals surface area contributed by atoms with Crippen molar-refractivity contribution in [2.24, 2.45) is 22.7 Å². The molecule has 0 spiro atoms. The maximum Gasteiger partial charge on any atom is 0.173 e. The lowest BCUT2D eigenvalue weighted by molar-refractivity contribution is 0.318. The van der Waals surface area contributed by atoms with Crippen molar-refractivity contribution in [1.82, 2.24) is 0 Å². The molecule has 5 heteroatoms. The predicted molar refractivity (Wildman–Crippen MR) is 81.8 cm³/mol. The molecular weight excluding hydrogens is 306 g/mol. The van der Waals surface area contributed by atoms with E-state index in [2.05, 4.69) is 39.8 Å². The van der Waals surface area contributed by atoms with Crippen molar-refractivity contribution in [2.75, 3.05) is 18.0 Å². The smallest absolute Gasteiger partial charge is 0.173 e. The highest BCUT2D eigenvalue weighted by atomic mass is 79.9. The summed E-state index contributed by atoms with van der Waals surface area (Å²) in [6.45, 7) is 6.57. The monoisotopic (exact) mass is 325 g/mol. The Morgan fingerprint density at radius 2 is 2.26 bits per heavy atom. The number of anilines is 1. The van der Waals surface area contributed by atoms with E-state index in [-0.39, 0.29) is 5.84 Å². The Kier molecular flexibility index (Phi) is 4.34. The van der Waals surface area contributed by atoms with Gasteiger partial charge >= 0.3 is 0 Å². The third kappa shape index (κ3) is 2.86. The van der Waals surface area contributed by atoms with E-state index in [0.717, 1.165) is 28.8 Å². The minimum absolute atomic E-state index is 0.149. The molecule has 1 heterocycles. The molecule has 0 saturated carbocycles. The second-order valence-electron chi connectivity index (χ2n) is 5.36. The van der Waals surface area contributed by atoms with Gasteiger partial charge in [-0.2, -0.15) is 0 Å². The van der Waals surface area contributed by atoms with Gasteiger partial charge in [-0.25, -0.2) is 0 Å². The molecule has 19 heavy (non-hydrogen) atoms. The van der Waals surface area contributed by atoms with Crippen LogP contribution >= 0.6 is 15.9 Å². The van der Waals surface area contributed by atoms with Gasteiger partial charge in [-0.05, 0) is 46.3 Å². The fourth-order valence-corrected chi connectivity index (χ4v) is 3.19. The Balaban J connectivity index is 2.33. The van der Waals surface area contributed by atoms with E-state index in [4.69, 9.17) is 10.9 Å². The van der Waals surface area contributed by atoms with Gasteiger partial charge in [0.1, 0.15) is 0 Å². The lowest BCUT2D eigenvalue weighted by atomic mass is 9.95. The fraction of sp³-hybridized carbons (Fsp3) is 0.500. The maximum atomic E-state index is 8.94. The third-order valence-corrected chi connectivity index (χ3v) is 4.52. The molecule has 1 aromatic carbocycles. The highest BCUT2D eigenvalue weighted by Crippen LogP contribution is 2.33. The van der Waals surface area contributed by atoms with Crippen LogP contribution in [0.4, 0.5) is 5.69 Å². The molecule has 1 saturated heterocycles. The van der Waals surface area contributed by atoms with Crippen LogP contribution in [0, 0.1) is 11.8 Å². The van der Waals surface area contributed by atoms with E-state index in [1.807, 2.05) is 18.2 Å². The number of benzene rings is 1. The van der Waals surface area contributed by atoms with Crippen LogP contribution in [-0.2, 0) is 0 Å². The average Bonchev–Trinajstić information content (AvgIpc) is 2.87. The summed E-state index contributed by atoms with van der Waals surface area (Å²) in [5.41, 5.74) is 7.61. The molecule has 1 aromatic rings. The second kappa shape index (κ2) is 5.82. The Labute approximate surface area is 122 Å². The van der Waals surface area contributed by atoms with E-state index < -0.39 is 0 Å². The van der Waals surface area contributed by atoms with E-state index >= 15 is 0 Å². The zero-order valence-electron chi connectivity index (χ0n) is 11.3. The van der Waals surface area contributed by atoms with Crippen molar-refractivity contribution in [1.29, 1.82) is 0 Å². The minimum Gasteiger partial charge on any atom is -0.409 e. The summed E-state index contributed by atoms with van der Waals surface area (Å²) >= 11 is 3.48. The summed E-state index contributed by atoms with van der Waals surface area (Å²) in [7, 11) is 0. The largest absolute Gasteiger partial charge is 0.409 e. The molecule has 0 aliphatic carbocycles. The van der Waals surface area contributed by atoms with Crippen LogP contribution in [0.3, 0.4) is 0 Å². The number of hydrogen-bond donors (Lipinski definition) is 2. The van der Waals surface area contributed by atoms with E-state index in [1.165, 1.54) is 6.42 Å². The van der Waals surface area contributed by atoms with Crippen LogP contribution in [0.5, 0.6) is 0 Å². The van der Waals surface area contributed by atoms with Gasteiger partial charge in [0.05, 0.1) is 5.56 Å². The number of nitrogens with zero attached hydrogens (tertiary/aromatic N) is 2. The molecule has 1 fully saturated rings. The Morgan fingerprint density at radius 1 is 1.53 bits per heavy atom. The maximum absolute atomic E-state index is 8.94. The first-order valence-corrected chi connectivity index (χ1v) is 7.35. The first-order valence-electron chi connectivity index (χ1n) is 6.56.